The Kier molecular flexibility index (Phi) is 4.02. The van der Waals surface area contributed by atoms with Crippen molar-refractivity contribution in [3.8, 4) is 0 Å². The van der Waals surface area contributed by atoms with Gasteiger partial charge in [0.2, 0.25) is 5.24 Å². The molecule has 1 fully saturated rings. The van der Waals surface area contributed by atoms with Crippen LogP contribution in [-0.2, 0) is 4.79 Å². The molecule has 1 atom stereocenters. The van der Waals surface area contributed by atoms with Crippen LogP contribution < -0.4 is 0 Å². The lowest BCUT2D eigenvalue weighted by molar-refractivity contribution is -0.113. The molecule has 0 aliphatic carbocycles. The Morgan fingerprint density at radius 1 is 1.58 bits per heavy atom. The van der Waals surface area contributed by atoms with E-state index in [0.717, 1.165) is 13.0 Å². The Labute approximate surface area is 78.9 Å². The lowest BCUT2D eigenvalue weighted by atomic mass is 10.0. The fourth-order valence-corrected chi connectivity index (χ4v) is 2.04. The first-order chi connectivity index (χ1) is 5.74. The quantitative estimate of drug-likeness (QED) is 0.634. The number of hydrogen-bond acceptors (Lipinski definition) is 2. The maximum absolute atomic E-state index is 10.7. The molecule has 0 bridgehead atoms. The molecule has 1 aliphatic rings. The van der Waals surface area contributed by atoms with E-state index in [9.17, 15) is 4.79 Å². The van der Waals surface area contributed by atoms with Crippen molar-refractivity contribution < 1.29 is 4.79 Å². The largest absolute Gasteiger partial charge is 0.292 e. The highest BCUT2D eigenvalue weighted by molar-refractivity contribution is 6.64. The molecule has 70 valence electrons. The zero-order valence-electron chi connectivity index (χ0n) is 7.55. The molecule has 1 saturated heterocycles. The van der Waals surface area contributed by atoms with Crippen LogP contribution in [0.25, 0.3) is 0 Å². The van der Waals surface area contributed by atoms with E-state index in [0.29, 0.717) is 12.6 Å². The lowest BCUT2D eigenvalue weighted by Crippen LogP contribution is -2.41. The Morgan fingerprint density at radius 3 is 2.92 bits per heavy atom. The van der Waals surface area contributed by atoms with E-state index in [-0.39, 0.29) is 5.24 Å². The lowest BCUT2D eigenvalue weighted by Gasteiger charge is -2.33. The van der Waals surface area contributed by atoms with Gasteiger partial charge < -0.3 is 0 Å². The predicted molar refractivity (Wildman–Crippen MR) is 50.4 cm³/mol. The summed E-state index contributed by atoms with van der Waals surface area (Å²) in [6.07, 6.45) is 4.86. The Bertz CT molecular complexity index is 161. The molecular formula is C9H16ClNO. The average molecular weight is 190 g/mol. The average Bonchev–Trinajstić information content (AvgIpc) is 2.04. The topological polar surface area (TPSA) is 20.3 Å². The van der Waals surface area contributed by atoms with Crippen LogP contribution in [0.3, 0.4) is 0 Å². The Balaban J connectivity index is 2.41. The van der Waals surface area contributed by atoms with Gasteiger partial charge in [0.05, 0.1) is 6.54 Å². The smallest absolute Gasteiger partial charge is 0.235 e. The summed E-state index contributed by atoms with van der Waals surface area (Å²) >= 11 is 5.35. The van der Waals surface area contributed by atoms with Gasteiger partial charge in [-0.25, -0.2) is 0 Å². The third-order valence-electron chi connectivity index (χ3n) is 2.55. The van der Waals surface area contributed by atoms with E-state index in [1.54, 1.807) is 0 Å². The van der Waals surface area contributed by atoms with Crippen molar-refractivity contribution in [3.63, 3.8) is 0 Å². The maximum Gasteiger partial charge on any atom is 0.235 e. The number of carbonyl (C=O) groups excluding carboxylic acids is 1. The summed E-state index contributed by atoms with van der Waals surface area (Å²) in [5.41, 5.74) is 0. The summed E-state index contributed by atoms with van der Waals surface area (Å²) < 4.78 is 0. The van der Waals surface area contributed by atoms with Crippen molar-refractivity contribution in [2.45, 2.75) is 38.6 Å². The molecule has 0 N–H and O–H groups in total. The molecule has 0 aromatic carbocycles. The second kappa shape index (κ2) is 4.83. The van der Waals surface area contributed by atoms with Gasteiger partial charge in [0.15, 0.2) is 0 Å². The van der Waals surface area contributed by atoms with Gasteiger partial charge in [0, 0.05) is 6.04 Å². The van der Waals surface area contributed by atoms with E-state index in [2.05, 4.69) is 11.8 Å². The highest BCUT2D eigenvalue weighted by Crippen LogP contribution is 2.18. The fourth-order valence-electron chi connectivity index (χ4n) is 1.89. The van der Waals surface area contributed by atoms with Crippen LogP contribution in [0.1, 0.15) is 32.6 Å². The number of rotatable bonds is 3. The summed E-state index contributed by atoms with van der Waals surface area (Å²) in [5, 5.41) is -0.227. The monoisotopic (exact) mass is 189 g/mol. The van der Waals surface area contributed by atoms with Crippen LogP contribution >= 0.6 is 11.6 Å². The van der Waals surface area contributed by atoms with E-state index in [1.165, 1.54) is 19.3 Å². The minimum atomic E-state index is -0.227. The molecular weight excluding hydrogens is 174 g/mol. The number of hydrogen-bond donors (Lipinski definition) is 0. The molecule has 1 unspecified atom stereocenters. The number of piperidine rings is 1. The van der Waals surface area contributed by atoms with E-state index >= 15 is 0 Å². The van der Waals surface area contributed by atoms with Gasteiger partial charge >= 0.3 is 0 Å². The fraction of sp³-hybridized carbons (Fsp3) is 0.889. The first-order valence-electron chi connectivity index (χ1n) is 4.66. The van der Waals surface area contributed by atoms with Crippen molar-refractivity contribution in [2.24, 2.45) is 0 Å². The molecule has 1 rings (SSSR count). The molecule has 1 aliphatic heterocycles. The molecule has 12 heavy (non-hydrogen) atoms. The molecule has 0 spiro atoms. The number of carbonyl (C=O) groups is 1. The van der Waals surface area contributed by atoms with Crippen LogP contribution in [0, 0.1) is 0 Å². The third-order valence-corrected chi connectivity index (χ3v) is 2.67. The van der Waals surface area contributed by atoms with Crippen molar-refractivity contribution >= 4 is 16.8 Å². The van der Waals surface area contributed by atoms with Gasteiger partial charge in [-0.15, -0.1) is 0 Å². The van der Waals surface area contributed by atoms with E-state index < -0.39 is 0 Å². The normalized spacial score (nSPS) is 25.7. The van der Waals surface area contributed by atoms with Gasteiger partial charge in [0.25, 0.3) is 0 Å². The van der Waals surface area contributed by atoms with Crippen LogP contribution in [0.2, 0.25) is 0 Å². The van der Waals surface area contributed by atoms with Crippen LogP contribution in [0.5, 0.6) is 0 Å². The summed E-state index contributed by atoms with van der Waals surface area (Å²) in [6.45, 7) is 3.64. The predicted octanol–water partition coefficient (Wildman–Crippen LogP) is 2.02. The van der Waals surface area contributed by atoms with Gasteiger partial charge in [-0.2, -0.15) is 0 Å². The third kappa shape index (κ3) is 2.76. The summed E-state index contributed by atoms with van der Waals surface area (Å²) in [5.74, 6) is 0. The Hall–Kier alpha value is -0.0800. The number of likely N-dealkylation sites (tertiary alicyclic amines) is 1. The molecule has 0 aromatic rings. The first-order valence-corrected chi connectivity index (χ1v) is 5.04. The van der Waals surface area contributed by atoms with E-state index in [4.69, 9.17) is 11.6 Å². The van der Waals surface area contributed by atoms with Gasteiger partial charge in [-0.1, -0.05) is 13.3 Å². The van der Waals surface area contributed by atoms with Crippen LogP contribution in [0.4, 0.5) is 0 Å². The minimum Gasteiger partial charge on any atom is -0.292 e. The zero-order valence-corrected chi connectivity index (χ0v) is 8.31. The summed E-state index contributed by atoms with van der Waals surface area (Å²) in [7, 11) is 0. The second-order valence-corrected chi connectivity index (χ2v) is 3.81. The molecule has 0 radical (unpaired) electrons. The summed E-state index contributed by atoms with van der Waals surface area (Å²) in [6, 6.07) is 0.585. The first kappa shape index (κ1) is 10.0. The highest BCUT2D eigenvalue weighted by Gasteiger charge is 2.21. The minimum absolute atomic E-state index is 0.227. The second-order valence-electron chi connectivity index (χ2n) is 3.38. The van der Waals surface area contributed by atoms with Crippen LogP contribution in [0.15, 0.2) is 0 Å². The molecule has 1 heterocycles. The van der Waals surface area contributed by atoms with E-state index in [1.807, 2.05) is 0 Å². The molecule has 2 nitrogen and oxygen atoms in total. The van der Waals surface area contributed by atoms with Crippen LogP contribution in [-0.4, -0.2) is 29.3 Å². The van der Waals surface area contributed by atoms with Crippen molar-refractivity contribution in [1.29, 1.82) is 0 Å². The Morgan fingerprint density at radius 2 is 2.33 bits per heavy atom. The maximum atomic E-state index is 10.7. The number of halogens is 1. The van der Waals surface area contributed by atoms with Crippen molar-refractivity contribution in [1.82, 2.24) is 4.90 Å². The molecule has 0 aromatic heterocycles. The number of nitrogens with zero attached hydrogens (tertiary/aromatic N) is 1. The van der Waals surface area contributed by atoms with Crippen molar-refractivity contribution in [2.75, 3.05) is 13.1 Å². The summed E-state index contributed by atoms with van der Waals surface area (Å²) in [4.78, 5) is 12.9. The zero-order chi connectivity index (χ0) is 8.97. The van der Waals surface area contributed by atoms with Gasteiger partial charge in [0.1, 0.15) is 0 Å². The van der Waals surface area contributed by atoms with Crippen molar-refractivity contribution in [3.05, 3.63) is 0 Å². The molecule has 3 heteroatoms. The van der Waals surface area contributed by atoms with Gasteiger partial charge in [-0.3, -0.25) is 9.69 Å². The standard InChI is InChI=1S/C9H16ClNO/c1-2-8-5-3-4-6-11(8)7-9(10)12/h8H,2-7H2,1H3. The SMILES string of the molecule is CCC1CCCCN1CC(=O)Cl. The molecule has 0 saturated carbocycles. The highest BCUT2D eigenvalue weighted by atomic mass is 35.5. The van der Waals surface area contributed by atoms with Gasteiger partial charge in [-0.05, 0) is 37.4 Å². The molecule has 0 amide bonds.